The molecule has 0 saturated heterocycles. The van der Waals surface area contributed by atoms with Crippen LogP contribution in [0, 0.1) is 6.58 Å². The molecule has 0 rings (SSSR count). The summed E-state index contributed by atoms with van der Waals surface area (Å²) >= 11 is 0. The normalized spacial score (nSPS) is 14.5. The highest BCUT2D eigenvalue weighted by Gasteiger charge is 1.65. The van der Waals surface area contributed by atoms with E-state index in [-0.39, 0.29) is 0 Å². The van der Waals surface area contributed by atoms with E-state index < -0.39 is 0 Å². The Balaban J connectivity index is 3.90. The van der Waals surface area contributed by atoms with E-state index in [1.54, 1.807) is 6.08 Å². The van der Waals surface area contributed by atoms with Gasteiger partial charge in [0.15, 0.2) is 0 Å². The van der Waals surface area contributed by atoms with E-state index in [9.17, 15) is 0 Å². The van der Waals surface area contributed by atoms with Crippen LogP contribution >= 0.6 is 0 Å². The highest BCUT2D eigenvalue weighted by atomic mass is 13.7. The first-order valence-corrected chi connectivity index (χ1v) is 7.58. The summed E-state index contributed by atoms with van der Waals surface area (Å²) in [5.41, 5.74) is 0. The topological polar surface area (TPSA) is 0 Å². The minimum absolute atomic E-state index is 1.50. The van der Waals surface area contributed by atoms with Gasteiger partial charge in [-0.15, -0.1) is 0 Å². The van der Waals surface area contributed by atoms with Gasteiger partial charge in [-0.05, 0) is 6.92 Å². The summed E-state index contributed by atoms with van der Waals surface area (Å²) in [6, 6.07) is 0. The molecule has 0 aliphatic heterocycles. The molecule has 0 bridgehead atoms. The zero-order valence-electron chi connectivity index (χ0n) is 13.7. The summed E-state index contributed by atoms with van der Waals surface area (Å²) < 4.78 is 0. The standard InChI is InChI=1S/C23H25/c1-3-5-7-9-11-13-15-17-19-21-23-22-20-18-16-14-12-10-8-6-4-2/h1,3-23H,2H3. The summed E-state index contributed by atoms with van der Waals surface area (Å²) in [5, 5.41) is 0. The summed E-state index contributed by atoms with van der Waals surface area (Å²) in [4.78, 5) is 0. The molecule has 0 aromatic rings. The predicted octanol–water partition coefficient (Wildman–Crippen LogP) is 6.56. The second kappa shape index (κ2) is 19.1. The van der Waals surface area contributed by atoms with Crippen molar-refractivity contribution in [2.24, 2.45) is 0 Å². The third kappa shape index (κ3) is 19.1. The van der Waals surface area contributed by atoms with Crippen molar-refractivity contribution >= 4 is 0 Å². The van der Waals surface area contributed by atoms with Gasteiger partial charge in [0.2, 0.25) is 0 Å². The molecule has 0 spiro atoms. The lowest BCUT2D eigenvalue weighted by Gasteiger charge is -1.75. The van der Waals surface area contributed by atoms with Crippen LogP contribution in [0.2, 0.25) is 0 Å². The Bertz CT molecular complexity index is 565. The molecule has 0 heterocycles. The van der Waals surface area contributed by atoms with Crippen molar-refractivity contribution in [3.05, 3.63) is 134 Å². The molecular formula is C23H25. The van der Waals surface area contributed by atoms with Gasteiger partial charge < -0.3 is 0 Å². The quantitative estimate of drug-likeness (QED) is 0.401. The van der Waals surface area contributed by atoms with Crippen molar-refractivity contribution in [2.45, 2.75) is 6.92 Å². The molecule has 0 fully saturated rings. The molecule has 0 atom stereocenters. The van der Waals surface area contributed by atoms with Gasteiger partial charge in [-0.3, -0.25) is 0 Å². The lowest BCUT2D eigenvalue weighted by Crippen LogP contribution is -1.54. The van der Waals surface area contributed by atoms with Crippen LogP contribution in [0.5, 0.6) is 0 Å². The molecule has 0 unspecified atom stereocenters. The molecule has 0 aliphatic rings. The van der Waals surface area contributed by atoms with Gasteiger partial charge in [-0.25, -0.2) is 0 Å². The Kier molecular flexibility index (Phi) is 16.8. The molecule has 0 aromatic carbocycles. The van der Waals surface area contributed by atoms with E-state index >= 15 is 0 Å². The molecule has 0 amide bonds. The van der Waals surface area contributed by atoms with Gasteiger partial charge in [0, 0.05) is 0 Å². The van der Waals surface area contributed by atoms with Crippen molar-refractivity contribution in [1.29, 1.82) is 0 Å². The number of allylic oxidation sites excluding steroid dienone is 21. The van der Waals surface area contributed by atoms with E-state index in [0.717, 1.165) is 0 Å². The third-order valence-corrected chi connectivity index (χ3v) is 2.30. The van der Waals surface area contributed by atoms with Crippen molar-refractivity contribution < 1.29 is 0 Å². The molecular weight excluding hydrogens is 276 g/mol. The SMILES string of the molecule is [CH]=CC=CC=CC=CC=CC=CC=CC=CC=CC=CC=CC. The lowest BCUT2D eigenvalue weighted by molar-refractivity contribution is 1.73. The van der Waals surface area contributed by atoms with Crippen molar-refractivity contribution in [2.75, 3.05) is 0 Å². The van der Waals surface area contributed by atoms with Gasteiger partial charge >= 0.3 is 0 Å². The highest BCUT2D eigenvalue weighted by molar-refractivity contribution is 5.22. The van der Waals surface area contributed by atoms with Crippen molar-refractivity contribution in [3.63, 3.8) is 0 Å². The molecule has 0 aliphatic carbocycles. The van der Waals surface area contributed by atoms with Gasteiger partial charge in [0.05, 0.1) is 0 Å². The summed E-state index contributed by atoms with van der Waals surface area (Å²) in [5.74, 6) is 0. The van der Waals surface area contributed by atoms with Crippen LogP contribution in [0.25, 0.3) is 0 Å². The molecule has 0 heteroatoms. The van der Waals surface area contributed by atoms with E-state index in [1.807, 2.05) is 122 Å². The van der Waals surface area contributed by atoms with Crippen LogP contribution < -0.4 is 0 Å². The molecule has 1 radical (unpaired) electrons. The Hall–Kier alpha value is -2.86. The lowest BCUT2D eigenvalue weighted by atomic mass is 10.3. The fourth-order valence-electron chi connectivity index (χ4n) is 1.27. The number of hydrogen-bond donors (Lipinski definition) is 0. The van der Waals surface area contributed by atoms with Crippen LogP contribution in [0.3, 0.4) is 0 Å². The number of hydrogen-bond acceptors (Lipinski definition) is 0. The van der Waals surface area contributed by atoms with Crippen LogP contribution in [-0.4, -0.2) is 0 Å². The monoisotopic (exact) mass is 301 g/mol. The molecule has 117 valence electrons. The molecule has 23 heavy (non-hydrogen) atoms. The maximum atomic E-state index is 5.20. The number of rotatable bonds is 10. The largest absolute Gasteiger partial charge is 0.0877 e. The zero-order valence-corrected chi connectivity index (χ0v) is 13.7. The van der Waals surface area contributed by atoms with E-state index in [0.29, 0.717) is 0 Å². The van der Waals surface area contributed by atoms with Crippen LogP contribution in [0.15, 0.2) is 128 Å². The second-order valence-corrected chi connectivity index (χ2v) is 4.18. The van der Waals surface area contributed by atoms with E-state index in [2.05, 4.69) is 0 Å². The minimum Gasteiger partial charge on any atom is -0.0877 e. The Morgan fingerprint density at radius 1 is 0.348 bits per heavy atom. The van der Waals surface area contributed by atoms with Crippen LogP contribution in [0.1, 0.15) is 6.92 Å². The maximum absolute atomic E-state index is 5.20. The molecule has 0 aromatic heterocycles. The van der Waals surface area contributed by atoms with Crippen LogP contribution in [0.4, 0.5) is 0 Å². The summed E-state index contributed by atoms with van der Waals surface area (Å²) in [6.45, 7) is 7.20. The minimum atomic E-state index is 1.50. The maximum Gasteiger partial charge on any atom is -0.0467 e. The first kappa shape index (κ1) is 20.1. The summed E-state index contributed by atoms with van der Waals surface area (Å²) in [7, 11) is 0. The third-order valence-electron chi connectivity index (χ3n) is 2.30. The Morgan fingerprint density at radius 3 is 0.783 bits per heavy atom. The van der Waals surface area contributed by atoms with Gasteiger partial charge in [0.1, 0.15) is 0 Å². The van der Waals surface area contributed by atoms with Gasteiger partial charge in [0.25, 0.3) is 0 Å². The van der Waals surface area contributed by atoms with Gasteiger partial charge in [-0.2, -0.15) is 0 Å². The fraction of sp³-hybridized carbons (Fsp3) is 0.0435. The van der Waals surface area contributed by atoms with Crippen molar-refractivity contribution in [3.8, 4) is 0 Å². The summed E-state index contributed by atoms with van der Waals surface area (Å²) in [6.07, 6.45) is 40.8. The zero-order chi connectivity index (χ0) is 16.8. The molecule has 0 saturated carbocycles. The van der Waals surface area contributed by atoms with Crippen molar-refractivity contribution in [1.82, 2.24) is 0 Å². The Labute approximate surface area is 141 Å². The molecule has 0 N–H and O–H groups in total. The second-order valence-electron chi connectivity index (χ2n) is 4.18. The van der Waals surface area contributed by atoms with E-state index in [1.165, 1.54) is 6.08 Å². The predicted molar refractivity (Wildman–Crippen MR) is 106 cm³/mol. The fourth-order valence-corrected chi connectivity index (χ4v) is 1.27. The first-order valence-electron chi connectivity index (χ1n) is 7.58. The average molecular weight is 301 g/mol. The molecule has 0 nitrogen and oxygen atoms in total. The Morgan fingerprint density at radius 2 is 0.565 bits per heavy atom. The van der Waals surface area contributed by atoms with Crippen LogP contribution in [-0.2, 0) is 0 Å². The van der Waals surface area contributed by atoms with E-state index in [4.69, 9.17) is 6.58 Å². The highest BCUT2D eigenvalue weighted by Crippen LogP contribution is 1.86. The first-order chi connectivity index (χ1) is 11.4. The smallest absolute Gasteiger partial charge is 0.0467 e. The van der Waals surface area contributed by atoms with Gasteiger partial charge in [-0.1, -0.05) is 134 Å². The average Bonchev–Trinajstić information content (AvgIpc) is 2.57.